The summed E-state index contributed by atoms with van der Waals surface area (Å²) in [4.78, 5) is 6.16. The van der Waals surface area contributed by atoms with Crippen molar-refractivity contribution in [3.05, 3.63) is 23.9 Å². The van der Waals surface area contributed by atoms with Gasteiger partial charge in [-0.05, 0) is 18.2 Å². The van der Waals surface area contributed by atoms with Crippen LogP contribution >= 0.6 is 0 Å². The largest absolute Gasteiger partial charge is 0.395 e. The van der Waals surface area contributed by atoms with Gasteiger partial charge in [0.2, 0.25) is 0 Å². The van der Waals surface area contributed by atoms with Crippen LogP contribution in [-0.2, 0) is 6.54 Å². The first-order valence-electron chi connectivity index (χ1n) is 4.80. The number of nitrogens with zero attached hydrogens (tertiary/aromatic N) is 2. The van der Waals surface area contributed by atoms with E-state index in [4.69, 9.17) is 10.8 Å². The summed E-state index contributed by atoms with van der Waals surface area (Å²) in [6.45, 7) is 4.69. The number of nitrogen functional groups attached to an aromatic ring is 1. The van der Waals surface area contributed by atoms with Gasteiger partial charge in [-0.25, -0.2) is 4.98 Å². The van der Waals surface area contributed by atoms with Crippen molar-refractivity contribution in [2.45, 2.75) is 13.5 Å². The minimum absolute atomic E-state index is 0.191. The Bertz CT molecular complexity index is 261. The topological polar surface area (TPSA) is 62.4 Å². The number of anilines is 1. The molecule has 0 radical (unpaired) electrons. The van der Waals surface area contributed by atoms with Crippen LogP contribution in [0.3, 0.4) is 0 Å². The fourth-order valence-electron chi connectivity index (χ4n) is 1.28. The number of hydrogen-bond donors (Lipinski definition) is 2. The van der Waals surface area contributed by atoms with Crippen molar-refractivity contribution in [3.63, 3.8) is 0 Å². The lowest BCUT2D eigenvalue weighted by Gasteiger charge is -2.18. The maximum atomic E-state index is 8.81. The Morgan fingerprint density at radius 2 is 2.29 bits per heavy atom. The van der Waals surface area contributed by atoms with Crippen LogP contribution in [0.15, 0.2) is 18.3 Å². The summed E-state index contributed by atoms with van der Waals surface area (Å²) in [5.74, 6) is 0.541. The lowest BCUT2D eigenvalue weighted by atomic mass is 10.2. The van der Waals surface area contributed by atoms with Crippen molar-refractivity contribution in [1.82, 2.24) is 9.88 Å². The Hall–Kier alpha value is -1.13. The molecular weight excluding hydrogens is 178 g/mol. The molecule has 0 spiro atoms. The van der Waals surface area contributed by atoms with E-state index in [0.717, 1.165) is 18.7 Å². The van der Waals surface area contributed by atoms with E-state index in [1.807, 2.05) is 6.07 Å². The standard InChI is InChI=1S/C10H17N3O/c1-2-13(5-6-14)8-9-3-4-10(11)12-7-9/h3-4,7,14H,2,5-6,8H2,1H3,(H2,11,12). The van der Waals surface area contributed by atoms with Crippen LogP contribution in [0.5, 0.6) is 0 Å². The molecule has 4 nitrogen and oxygen atoms in total. The zero-order chi connectivity index (χ0) is 10.4. The third kappa shape index (κ3) is 3.32. The molecule has 0 saturated heterocycles. The van der Waals surface area contributed by atoms with Crippen LogP contribution < -0.4 is 5.73 Å². The molecule has 1 heterocycles. The van der Waals surface area contributed by atoms with Gasteiger partial charge in [-0.3, -0.25) is 4.90 Å². The molecule has 1 aromatic heterocycles. The average Bonchev–Trinajstić information content (AvgIpc) is 2.20. The second-order valence-corrected chi connectivity index (χ2v) is 3.18. The third-order valence-corrected chi connectivity index (χ3v) is 2.12. The predicted octanol–water partition coefficient (Wildman–Crippen LogP) is 0.478. The molecular formula is C10H17N3O. The van der Waals surface area contributed by atoms with E-state index < -0.39 is 0 Å². The van der Waals surface area contributed by atoms with Gasteiger partial charge in [0.05, 0.1) is 6.61 Å². The van der Waals surface area contributed by atoms with Crippen LogP contribution in [-0.4, -0.2) is 34.7 Å². The highest BCUT2D eigenvalue weighted by molar-refractivity contribution is 5.29. The molecule has 1 aromatic rings. The Labute approximate surface area is 84.4 Å². The van der Waals surface area contributed by atoms with Crippen molar-refractivity contribution in [1.29, 1.82) is 0 Å². The third-order valence-electron chi connectivity index (χ3n) is 2.12. The summed E-state index contributed by atoms with van der Waals surface area (Å²) in [5.41, 5.74) is 6.60. The summed E-state index contributed by atoms with van der Waals surface area (Å²) in [7, 11) is 0. The van der Waals surface area contributed by atoms with Gasteiger partial charge in [0, 0.05) is 19.3 Å². The monoisotopic (exact) mass is 195 g/mol. The lowest BCUT2D eigenvalue weighted by Crippen LogP contribution is -2.26. The fraction of sp³-hybridized carbons (Fsp3) is 0.500. The van der Waals surface area contributed by atoms with Gasteiger partial charge < -0.3 is 10.8 Å². The summed E-state index contributed by atoms with van der Waals surface area (Å²) < 4.78 is 0. The van der Waals surface area contributed by atoms with Crippen molar-refractivity contribution >= 4 is 5.82 Å². The van der Waals surface area contributed by atoms with Gasteiger partial charge in [-0.2, -0.15) is 0 Å². The van der Waals surface area contributed by atoms with Gasteiger partial charge in [0.25, 0.3) is 0 Å². The Morgan fingerprint density at radius 3 is 2.79 bits per heavy atom. The summed E-state index contributed by atoms with van der Waals surface area (Å²) in [6, 6.07) is 3.75. The quantitative estimate of drug-likeness (QED) is 0.717. The lowest BCUT2D eigenvalue weighted by molar-refractivity contribution is 0.196. The number of hydrogen-bond acceptors (Lipinski definition) is 4. The van der Waals surface area contributed by atoms with Crippen LogP contribution in [0.4, 0.5) is 5.82 Å². The fourth-order valence-corrected chi connectivity index (χ4v) is 1.28. The molecule has 0 saturated carbocycles. The van der Waals surface area contributed by atoms with E-state index in [-0.39, 0.29) is 6.61 Å². The van der Waals surface area contributed by atoms with Gasteiger partial charge in [0.1, 0.15) is 5.82 Å². The second-order valence-electron chi connectivity index (χ2n) is 3.18. The first kappa shape index (κ1) is 10.9. The minimum atomic E-state index is 0.191. The van der Waals surface area contributed by atoms with Crippen molar-refractivity contribution in [3.8, 4) is 0 Å². The van der Waals surface area contributed by atoms with Crippen molar-refractivity contribution in [2.24, 2.45) is 0 Å². The number of likely N-dealkylation sites (N-methyl/N-ethyl adjacent to an activating group) is 1. The van der Waals surface area contributed by atoms with E-state index in [9.17, 15) is 0 Å². The normalized spacial score (nSPS) is 10.8. The first-order valence-corrected chi connectivity index (χ1v) is 4.80. The molecule has 0 atom stereocenters. The zero-order valence-corrected chi connectivity index (χ0v) is 8.48. The number of aromatic nitrogens is 1. The highest BCUT2D eigenvalue weighted by Crippen LogP contribution is 2.04. The SMILES string of the molecule is CCN(CCO)Cc1ccc(N)nc1. The molecule has 0 fully saturated rings. The molecule has 0 unspecified atom stereocenters. The number of aliphatic hydroxyl groups is 1. The van der Waals surface area contributed by atoms with E-state index in [0.29, 0.717) is 12.4 Å². The number of aliphatic hydroxyl groups excluding tert-OH is 1. The molecule has 0 aliphatic rings. The Kier molecular flexibility index (Phi) is 4.35. The number of rotatable bonds is 5. The van der Waals surface area contributed by atoms with Crippen molar-refractivity contribution in [2.75, 3.05) is 25.4 Å². The van der Waals surface area contributed by atoms with Crippen LogP contribution in [0.25, 0.3) is 0 Å². The number of nitrogens with two attached hydrogens (primary N) is 1. The number of pyridine rings is 1. The van der Waals surface area contributed by atoms with Crippen LogP contribution in [0.2, 0.25) is 0 Å². The summed E-state index contributed by atoms with van der Waals surface area (Å²) in [5, 5.41) is 8.81. The highest BCUT2D eigenvalue weighted by Gasteiger charge is 2.02. The molecule has 0 aliphatic heterocycles. The first-order chi connectivity index (χ1) is 6.76. The smallest absolute Gasteiger partial charge is 0.123 e. The molecule has 14 heavy (non-hydrogen) atoms. The zero-order valence-electron chi connectivity index (χ0n) is 8.48. The Balaban J connectivity index is 2.53. The van der Waals surface area contributed by atoms with Gasteiger partial charge in [-0.15, -0.1) is 0 Å². The van der Waals surface area contributed by atoms with Gasteiger partial charge in [0.15, 0.2) is 0 Å². The Morgan fingerprint density at radius 1 is 1.50 bits per heavy atom. The maximum absolute atomic E-state index is 8.81. The molecule has 1 rings (SSSR count). The predicted molar refractivity (Wildman–Crippen MR) is 56.7 cm³/mol. The summed E-state index contributed by atoms with van der Waals surface area (Å²) >= 11 is 0. The molecule has 4 heteroatoms. The molecule has 0 bridgehead atoms. The molecule has 0 aromatic carbocycles. The van der Waals surface area contributed by atoms with E-state index in [1.165, 1.54) is 0 Å². The molecule has 78 valence electrons. The van der Waals surface area contributed by atoms with Gasteiger partial charge >= 0.3 is 0 Å². The molecule has 0 aliphatic carbocycles. The van der Waals surface area contributed by atoms with Gasteiger partial charge in [-0.1, -0.05) is 13.0 Å². The highest BCUT2D eigenvalue weighted by atomic mass is 16.3. The maximum Gasteiger partial charge on any atom is 0.123 e. The molecule has 3 N–H and O–H groups in total. The van der Waals surface area contributed by atoms with E-state index >= 15 is 0 Å². The van der Waals surface area contributed by atoms with E-state index in [1.54, 1.807) is 12.3 Å². The molecule has 0 amide bonds. The average molecular weight is 195 g/mol. The van der Waals surface area contributed by atoms with E-state index in [2.05, 4.69) is 16.8 Å². The van der Waals surface area contributed by atoms with Crippen LogP contribution in [0.1, 0.15) is 12.5 Å². The minimum Gasteiger partial charge on any atom is -0.395 e. The van der Waals surface area contributed by atoms with Crippen molar-refractivity contribution < 1.29 is 5.11 Å². The summed E-state index contributed by atoms with van der Waals surface area (Å²) in [6.07, 6.45) is 1.77. The second kappa shape index (κ2) is 5.57. The van der Waals surface area contributed by atoms with Crippen LogP contribution in [0, 0.1) is 0 Å².